The molecule has 4 nitrogen and oxygen atoms in total. The fourth-order valence-corrected chi connectivity index (χ4v) is 1.39. The number of rotatable bonds is 4. The van der Waals surface area contributed by atoms with E-state index >= 15 is 0 Å². The van der Waals surface area contributed by atoms with Crippen LogP contribution in [0.25, 0.3) is 0 Å². The van der Waals surface area contributed by atoms with Gasteiger partial charge in [0.15, 0.2) is 5.89 Å². The van der Waals surface area contributed by atoms with Gasteiger partial charge in [-0.05, 0) is 18.8 Å². The Morgan fingerprint density at radius 3 is 2.87 bits per heavy atom. The first kappa shape index (κ1) is 10.0. The number of hydrogen-bond donors (Lipinski definition) is 1. The second kappa shape index (κ2) is 3.93. The highest BCUT2D eigenvalue weighted by molar-refractivity contribution is 5.46. The highest BCUT2D eigenvalue weighted by Crippen LogP contribution is 2.27. The van der Waals surface area contributed by atoms with Crippen LogP contribution in [0.4, 0.5) is 5.88 Å². The van der Waals surface area contributed by atoms with Crippen LogP contribution in [-0.4, -0.2) is 11.0 Å². The molecule has 0 aromatic carbocycles. The first-order chi connectivity index (χ1) is 7.19. The second-order valence-electron chi connectivity index (χ2n) is 4.41. The number of hydrogen-bond acceptors (Lipinski definition) is 4. The molecule has 2 rings (SSSR count). The summed E-state index contributed by atoms with van der Waals surface area (Å²) in [5, 5.41) is 12.1. The summed E-state index contributed by atoms with van der Waals surface area (Å²) in [5.41, 5.74) is 0.387. The number of nitrogens with zero attached hydrogens (tertiary/aromatic N) is 2. The van der Waals surface area contributed by atoms with Crippen molar-refractivity contribution in [1.82, 2.24) is 4.98 Å². The molecule has 4 heteroatoms. The van der Waals surface area contributed by atoms with Gasteiger partial charge in [-0.1, -0.05) is 13.8 Å². The van der Waals surface area contributed by atoms with Gasteiger partial charge in [-0.2, -0.15) is 5.26 Å². The summed E-state index contributed by atoms with van der Waals surface area (Å²) in [6.07, 6.45) is 3.09. The zero-order valence-electron chi connectivity index (χ0n) is 9.08. The molecule has 0 radical (unpaired) electrons. The molecule has 0 bridgehead atoms. The van der Waals surface area contributed by atoms with E-state index < -0.39 is 0 Å². The lowest BCUT2D eigenvalue weighted by molar-refractivity contribution is 0.466. The molecule has 0 unspecified atom stereocenters. The molecule has 0 atom stereocenters. The largest absolute Gasteiger partial charge is 0.424 e. The lowest BCUT2D eigenvalue weighted by Crippen LogP contribution is -2.00. The summed E-state index contributed by atoms with van der Waals surface area (Å²) >= 11 is 0. The van der Waals surface area contributed by atoms with E-state index in [1.165, 1.54) is 0 Å². The molecule has 1 aromatic heterocycles. The summed E-state index contributed by atoms with van der Waals surface area (Å²) in [6, 6.07) is 2.54. The second-order valence-corrected chi connectivity index (χ2v) is 4.41. The Labute approximate surface area is 89.3 Å². The molecule has 0 amide bonds. The van der Waals surface area contributed by atoms with Crippen LogP contribution in [0.5, 0.6) is 0 Å². The number of nitriles is 1. The lowest BCUT2D eigenvalue weighted by Gasteiger charge is -1.99. The Bertz CT molecular complexity index is 385. The van der Waals surface area contributed by atoms with E-state index in [0.29, 0.717) is 29.4 Å². The summed E-state index contributed by atoms with van der Waals surface area (Å²) in [6.45, 7) is 4.20. The molecule has 1 aromatic rings. The van der Waals surface area contributed by atoms with E-state index in [4.69, 9.17) is 9.68 Å². The molecule has 1 N–H and O–H groups in total. The van der Waals surface area contributed by atoms with Crippen LogP contribution in [0.1, 0.15) is 38.3 Å². The van der Waals surface area contributed by atoms with Gasteiger partial charge in [0.05, 0.1) is 0 Å². The summed E-state index contributed by atoms with van der Waals surface area (Å²) in [5.74, 6) is 1.70. The highest BCUT2D eigenvalue weighted by atomic mass is 16.4. The van der Waals surface area contributed by atoms with Gasteiger partial charge in [0.25, 0.3) is 0 Å². The molecule has 1 aliphatic carbocycles. The predicted molar refractivity (Wildman–Crippen MR) is 56.4 cm³/mol. The van der Waals surface area contributed by atoms with E-state index in [0.717, 1.165) is 19.3 Å². The highest BCUT2D eigenvalue weighted by Gasteiger charge is 2.24. The molecule has 1 aliphatic rings. The molecule has 80 valence electrons. The monoisotopic (exact) mass is 205 g/mol. The topological polar surface area (TPSA) is 61.9 Å². The standard InChI is InChI=1S/C11H15N3O/c1-7(2)5-10-14-9(6-12)11(15-10)13-8-3-4-8/h7-8,13H,3-5H2,1-2H3. The Balaban J connectivity index is 2.13. The average Bonchev–Trinajstić information content (AvgIpc) is 2.88. The molecule has 0 saturated heterocycles. The predicted octanol–water partition coefficient (Wildman–Crippen LogP) is 2.32. The molecule has 15 heavy (non-hydrogen) atoms. The Kier molecular flexibility index (Phi) is 2.63. The van der Waals surface area contributed by atoms with E-state index in [1.807, 2.05) is 0 Å². The third-order valence-electron chi connectivity index (χ3n) is 2.27. The zero-order chi connectivity index (χ0) is 10.8. The SMILES string of the molecule is CC(C)Cc1nc(C#N)c(NC2CC2)o1. The molecule has 0 aliphatic heterocycles. The summed E-state index contributed by atoms with van der Waals surface area (Å²) in [4.78, 5) is 4.16. The minimum atomic E-state index is 0.387. The quantitative estimate of drug-likeness (QED) is 0.819. The van der Waals surface area contributed by atoms with Crippen LogP contribution < -0.4 is 5.32 Å². The van der Waals surface area contributed by atoms with Crippen molar-refractivity contribution in [2.75, 3.05) is 5.32 Å². The van der Waals surface area contributed by atoms with Gasteiger partial charge in [0.2, 0.25) is 11.6 Å². The van der Waals surface area contributed by atoms with Crippen LogP contribution in [0, 0.1) is 17.2 Å². The third kappa shape index (κ3) is 2.50. The average molecular weight is 205 g/mol. The maximum Gasteiger partial charge on any atom is 0.232 e. The fraction of sp³-hybridized carbons (Fsp3) is 0.636. The van der Waals surface area contributed by atoms with E-state index in [2.05, 4.69) is 30.2 Å². The molecule has 0 spiro atoms. The van der Waals surface area contributed by atoms with Crippen LogP contribution >= 0.6 is 0 Å². The number of oxazole rings is 1. The summed E-state index contributed by atoms with van der Waals surface area (Å²) in [7, 11) is 0. The number of anilines is 1. The minimum absolute atomic E-state index is 0.387. The van der Waals surface area contributed by atoms with Crippen molar-refractivity contribution in [2.24, 2.45) is 5.92 Å². The Hall–Kier alpha value is -1.50. The van der Waals surface area contributed by atoms with Crippen molar-refractivity contribution < 1.29 is 4.42 Å². The lowest BCUT2D eigenvalue weighted by atomic mass is 10.1. The number of nitrogens with one attached hydrogen (secondary N) is 1. The van der Waals surface area contributed by atoms with Crippen molar-refractivity contribution in [1.29, 1.82) is 5.26 Å². The van der Waals surface area contributed by atoms with Gasteiger partial charge >= 0.3 is 0 Å². The van der Waals surface area contributed by atoms with Crippen molar-refractivity contribution in [3.63, 3.8) is 0 Å². The van der Waals surface area contributed by atoms with Crippen LogP contribution in [-0.2, 0) is 6.42 Å². The van der Waals surface area contributed by atoms with Gasteiger partial charge in [-0.3, -0.25) is 0 Å². The third-order valence-corrected chi connectivity index (χ3v) is 2.27. The van der Waals surface area contributed by atoms with Gasteiger partial charge in [-0.15, -0.1) is 0 Å². The molecule has 1 fully saturated rings. The van der Waals surface area contributed by atoms with Crippen LogP contribution in [0.15, 0.2) is 4.42 Å². The Morgan fingerprint density at radius 2 is 2.33 bits per heavy atom. The van der Waals surface area contributed by atoms with Gasteiger partial charge in [-0.25, -0.2) is 4.98 Å². The number of aromatic nitrogens is 1. The normalized spacial score (nSPS) is 15.3. The van der Waals surface area contributed by atoms with Gasteiger partial charge in [0.1, 0.15) is 6.07 Å². The smallest absolute Gasteiger partial charge is 0.232 e. The van der Waals surface area contributed by atoms with Crippen molar-refractivity contribution in [2.45, 2.75) is 39.2 Å². The van der Waals surface area contributed by atoms with E-state index in [-0.39, 0.29) is 0 Å². The summed E-state index contributed by atoms with van der Waals surface area (Å²) < 4.78 is 5.52. The van der Waals surface area contributed by atoms with Gasteiger partial charge < -0.3 is 9.73 Å². The van der Waals surface area contributed by atoms with E-state index in [1.54, 1.807) is 0 Å². The molecule has 1 saturated carbocycles. The fourth-order valence-electron chi connectivity index (χ4n) is 1.39. The molecule has 1 heterocycles. The van der Waals surface area contributed by atoms with Crippen molar-refractivity contribution >= 4 is 5.88 Å². The first-order valence-corrected chi connectivity index (χ1v) is 5.35. The minimum Gasteiger partial charge on any atom is -0.424 e. The van der Waals surface area contributed by atoms with Crippen molar-refractivity contribution in [3.8, 4) is 6.07 Å². The van der Waals surface area contributed by atoms with Crippen molar-refractivity contribution in [3.05, 3.63) is 11.6 Å². The molecular weight excluding hydrogens is 190 g/mol. The van der Waals surface area contributed by atoms with Gasteiger partial charge in [0, 0.05) is 12.5 Å². The zero-order valence-corrected chi connectivity index (χ0v) is 9.08. The van der Waals surface area contributed by atoms with Crippen LogP contribution in [0.2, 0.25) is 0 Å². The maximum atomic E-state index is 8.89. The van der Waals surface area contributed by atoms with E-state index in [9.17, 15) is 0 Å². The Morgan fingerprint density at radius 1 is 1.60 bits per heavy atom. The first-order valence-electron chi connectivity index (χ1n) is 5.35. The molecular formula is C11H15N3O. The maximum absolute atomic E-state index is 8.89. The van der Waals surface area contributed by atoms with Crippen LogP contribution in [0.3, 0.4) is 0 Å².